The van der Waals surface area contributed by atoms with Gasteiger partial charge in [-0.05, 0) is 25.7 Å². The van der Waals surface area contributed by atoms with Gasteiger partial charge < -0.3 is 5.73 Å². The average molecular weight is 282 g/mol. The van der Waals surface area contributed by atoms with Crippen LogP contribution < -0.4 is 5.73 Å². The van der Waals surface area contributed by atoms with Crippen LogP contribution in [0.15, 0.2) is 0 Å². The van der Waals surface area contributed by atoms with E-state index in [2.05, 4.69) is 0 Å². The first-order chi connectivity index (χ1) is 7.79. The molecule has 5 nitrogen and oxygen atoms in total. The molecule has 0 saturated carbocycles. The number of hydrogen-bond donors (Lipinski definition) is 1. The van der Waals surface area contributed by atoms with Crippen molar-refractivity contribution in [2.24, 2.45) is 11.7 Å². The van der Waals surface area contributed by atoms with Crippen molar-refractivity contribution in [2.75, 3.05) is 30.9 Å². The fourth-order valence-corrected chi connectivity index (χ4v) is 4.55. The zero-order valence-electron chi connectivity index (χ0n) is 10.5. The smallest absolute Gasteiger partial charge is 0.211 e. The second-order valence-electron chi connectivity index (χ2n) is 4.88. The summed E-state index contributed by atoms with van der Waals surface area (Å²) in [5.41, 5.74) is 5.60. The average Bonchev–Trinajstić information content (AvgIpc) is 2.15. The fraction of sp³-hybridized carbons (Fsp3) is 1.00. The molecule has 1 rings (SSSR count). The van der Waals surface area contributed by atoms with E-state index in [0.717, 1.165) is 12.8 Å². The molecule has 0 bridgehead atoms. The molecule has 1 heterocycles. The first kappa shape index (κ1) is 15.1. The summed E-state index contributed by atoms with van der Waals surface area (Å²) in [6.45, 7) is 2.93. The Morgan fingerprint density at radius 3 is 2.71 bits per heavy atom. The van der Waals surface area contributed by atoms with Crippen LogP contribution in [-0.2, 0) is 20.8 Å². The first-order valence-electron chi connectivity index (χ1n) is 5.84. The molecule has 17 heavy (non-hydrogen) atoms. The topological polar surface area (TPSA) is 80.5 Å². The molecule has 1 fully saturated rings. The standard InChI is InChI=1S/C10H22N2O3S2/c1-9(11)7-16(13)8-10-4-3-5-12(6-10)17(2,14)15/h9-10H,3-8,11H2,1-2H3. The molecule has 0 aliphatic carbocycles. The van der Waals surface area contributed by atoms with Gasteiger partial charge in [-0.15, -0.1) is 0 Å². The fourth-order valence-electron chi connectivity index (χ4n) is 2.09. The quantitative estimate of drug-likeness (QED) is 0.754. The summed E-state index contributed by atoms with van der Waals surface area (Å²) in [5, 5.41) is 0. The molecule has 2 N–H and O–H groups in total. The minimum Gasteiger partial charge on any atom is -0.327 e. The second kappa shape index (κ2) is 6.26. The lowest BCUT2D eigenvalue weighted by Crippen LogP contribution is -2.41. The summed E-state index contributed by atoms with van der Waals surface area (Å²) in [7, 11) is -4.04. The van der Waals surface area contributed by atoms with Crippen LogP contribution in [0.25, 0.3) is 0 Å². The Balaban J connectivity index is 2.48. The first-order valence-corrected chi connectivity index (χ1v) is 9.18. The maximum absolute atomic E-state index is 11.7. The Kier molecular flexibility index (Phi) is 5.56. The van der Waals surface area contributed by atoms with Crippen LogP contribution in [0, 0.1) is 5.92 Å². The molecule has 0 aromatic rings. The van der Waals surface area contributed by atoms with Crippen molar-refractivity contribution in [3.05, 3.63) is 0 Å². The molecule has 1 aliphatic rings. The number of rotatable bonds is 5. The van der Waals surface area contributed by atoms with Crippen molar-refractivity contribution in [3.8, 4) is 0 Å². The Morgan fingerprint density at radius 2 is 2.18 bits per heavy atom. The molecule has 0 spiro atoms. The Bertz CT molecular complexity index is 368. The van der Waals surface area contributed by atoms with E-state index in [9.17, 15) is 12.6 Å². The highest BCUT2D eigenvalue weighted by Gasteiger charge is 2.26. The van der Waals surface area contributed by atoms with Gasteiger partial charge in [-0.2, -0.15) is 0 Å². The van der Waals surface area contributed by atoms with Gasteiger partial charge in [0.1, 0.15) is 0 Å². The van der Waals surface area contributed by atoms with Gasteiger partial charge in [0.25, 0.3) is 0 Å². The van der Waals surface area contributed by atoms with Crippen molar-refractivity contribution in [3.63, 3.8) is 0 Å². The molecular weight excluding hydrogens is 260 g/mol. The monoisotopic (exact) mass is 282 g/mol. The van der Waals surface area contributed by atoms with Gasteiger partial charge in [0.2, 0.25) is 10.0 Å². The predicted molar refractivity (Wildman–Crippen MR) is 70.7 cm³/mol. The third-order valence-electron chi connectivity index (χ3n) is 2.82. The van der Waals surface area contributed by atoms with Crippen LogP contribution in [0.4, 0.5) is 0 Å². The predicted octanol–water partition coefficient (Wildman–Crippen LogP) is -0.246. The molecule has 3 atom stereocenters. The van der Waals surface area contributed by atoms with Gasteiger partial charge in [0.05, 0.1) is 6.26 Å². The minimum atomic E-state index is -3.11. The normalized spacial score (nSPS) is 26.6. The third kappa shape index (κ3) is 5.46. The number of piperidine rings is 1. The summed E-state index contributed by atoms with van der Waals surface area (Å²) in [4.78, 5) is 0. The molecule has 0 aromatic heterocycles. The number of nitrogens with zero attached hydrogens (tertiary/aromatic N) is 1. The largest absolute Gasteiger partial charge is 0.327 e. The summed E-state index contributed by atoms with van der Waals surface area (Å²) < 4.78 is 36.1. The summed E-state index contributed by atoms with van der Waals surface area (Å²) in [6.07, 6.45) is 3.04. The lowest BCUT2D eigenvalue weighted by atomic mass is 10.0. The van der Waals surface area contributed by atoms with E-state index in [1.807, 2.05) is 6.92 Å². The van der Waals surface area contributed by atoms with Crippen LogP contribution in [0.2, 0.25) is 0 Å². The summed E-state index contributed by atoms with van der Waals surface area (Å²) >= 11 is 0. The highest BCUT2D eigenvalue weighted by Crippen LogP contribution is 2.19. The number of sulfonamides is 1. The molecular formula is C10H22N2O3S2. The molecule has 102 valence electrons. The van der Waals surface area contributed by atoms with Crippen molar-refractivity contribution in [2.45, 2.75) is 25.8 Å². The van der Waals surface area contributed by atoms with Crippen molar-refractivity contribution >= 4 is 20.8 Å². The lowest BCUT2D eigenvalue weighted by molar-refractivity contribution is 0.285. The molecule has 1 aliphatic heterocycles. The zero-order valence-corrected chi connectivity index (χ0v) is 12.1. The lowest BCUT2D eigenvalue weighted by Gasteiger charge is -2.30. The zero-order chi connectivity index (χ0) is 13.1. The van der Waals surface area contributed by atoms with Crippen LogP contribution in [0.1, 0.15) is 19.8 Å². The number of hydrogen-bond acceptors (Lipinski definition) is 4. The maximum atomic E-state index is 11.7. The van der Waals surface area contributed by atoms with E-state index >= 15 is 0 Å². The number of nitrogens with two attached hydrogens (primary N) is 1. The van der Waals surface area contributed by atoms with E-state index in [-0.39, 0.29) is 12.0 Å². The highest BCUT2D eigenvalue weighted by molar-refractivity contribution is 7.88. The molecule has 0 aromatic carbocycles. The highest BCUT2D eigenvalue weighted by atomic mass is 32.2. The second-order valence-corrected chi connectivity index (χ2v) is 8.41. The summed E-state index contributed by atoms with van der Waals surface area (Å²) in [5.74, 6) is 1.27. The Labute approximate surface area is 106 Å². The van der Waals surface area contributed by atoms with E-state index in [1.54, 1.807) is 0 Å². The SMILES string of the molecule is CC(N)CS(=O)CC1CCCN(S(C)(=O)=O)C1. The molecule has 0 amide bonds. The molecule has 3 unspecified atom stereocenters. The van der Waals surface area contributed by atoms with Crippen LogP contribution in [0.5, 0.6) is 0 Å². The van der Waals surface area contributed by atoms with Gasteiger partial charge in [-0.1, -0.05) is 0 Å². The van der Waals surface area contributed by atoms with Gasteiger partial charge >= 0.3 is 0 Å². The van der Waals surface area contributed by atoms with Gasteiger partial charge in [-0.3, -0.25) is 4.21 Å². The maximum Gasteiger partial charge on any atom is 0.211 e. The van der Waals surface area contributed by atoms with Gasteiger partial charge in [0, 0.05) is 41.4 Å². The summed E-state index contributed by atoms with van der Waals surface area (Å²) in [6, 6.07) is -0.0644. The molecule has 7 heteroatoms. The Hall–Kier alpha value is 0.0200. The Morgan fingerprint density at radius 1 is 1.53 bits per heavy atom. The van der Waals surface area contributed by atoms with Crippen molar-refractivity contribution < 1.29 is 12.6 Å². The minimum absolute atomic E-state index is 0.0644. The van der Waals surface area contributed by atoms with Crippen molar-refractivity contribution in [1.82, 2.24) is 4.31 Å². The van der Waals surface area contributed by atoms with Crippen LogP contribution >= 0.6 is 0 Å². The molecule has 0 radical (unpaired) electrons. The van der Waals surface area contributed by atoms with E-state index in [4.69, 9.17) is 5.73 Å². The van der Waals surface area contributed by atoms with Crippen molar-refractivity contribution in [1.29, 1.82) is 0 Å². The third-order valence-corrected chi connectivity index (χ3v) is 5.83. The van der Waals surface area contributed by atoms with Gasteiger partial charge in [-0.25, -0.2) is 12.7 Å². The van der Waals surface area contributed by atoms with Crippen LogP contribution in [-0.4, -0.2) is 53.8 Å². The molecule has 1 saturated heterocycles. The van der Waals surface area contributed by atoms with Crippen LogP contribution in [0.3, 0.4) is 0 Å². The van der Waals surface area contributed by atoms with E-state index in [1.165, 1.54) is 10.6 Å². The van der Waals surface area contributed by atoms with E-state index in [0.29, 0.717) is 24.6 Å². The van der Waals surface area contributed by atoms with E-state index < -0.39 is 20.8 Å². The van der Waals surface area contributed by atoms with Gasteiger partial charge in [0.15, 0.2) is 0 Å².